The second-order valence-corrected chi connectivity index (χ2v) is 7.43. The third-order valence-corrected chi connectivity index (χ3v) is 5.60. The number of ether oxygens (including phenoxy) is 1. The van der Waals surface area contributed by atoms with Crippen LogP contribution in [0, 0.1) is 6.92 Å². The van der Waals surface area contributed by atoms with E-state index < -0.39 is 11.7 Å². The van der Waals surface area contributed by atoms with E-state index in [0.29, 0.717) is 36.3 Å². The SMILES string of the molecule is CCc1cc(C(F)(F)F)cc(C)c1C(=O)N[C@@H]1COCC[C@H]1N1CCCC1. The van der Waals surface area contributed by atoms with Crippen molar-refractivity contribution < 1.29 is 22.7 Å². The maximum Gasteiger partial charge on any atom is 0.416 e. The minimum atomic E-state index is -4.41. The number of amides is 1. The zero-order valence-corrected chi connectivity index (χ0v) is 15.9. The smallest absolute Gasteiger partial charge is 0.379 e. The molecule has 0 unspecified atom stereocenters. The monoisotopic (exact) mass is 384 g/mol. The highest BCUT2D eigenvalue weighted by molar-refractivity contribution is 5.97. The molecule has 3 rings (SSSR count). The van der Waals surface area contributed by atoms with Crippen molar-refractivity contribution in [2.75, 3.05) is 26.3 Å². The highest BCUT2D eigenvalue weighted by Crippen LogP contribution is 2.32. The Morgan fingerprint density at radius 2 is 2.00 bits per heavy atom. The van der Waals surface area contributed by atoms with Gasteiger partial charge >= 0.3 is 6.18 Å². The normalized spacial score (nSPS) is 24.2. The van der Waals surface area contributed by atoms with Crippen LogP contribution in [0.2, 0.25) is 0 Å². The van der Waals surface area contributed by atoms with Crippen molar-refractivity contribution in [3.05, 3.63) is 34.4 Å². The molecule has 0 bridgehead atoms. The average molecular weight is 384 g/mol. The second kappa shape index (κ2) is 8.19. The number of benzene rings is 1. The van der Waals surface area contributed by atoms with E-state index in [1.807, 2.05) is 0 Å². The van der Waals surface area contributed by atoms with Gasteiger partial charge < -0.3 is 10.1 Å². The largest absolute Gasteiger partial charge is 0.416 e. The first-order valence-corrected chi connectivity index (χ1v) is 9.64. The first-order valence-electron chi connectivity index (χ1n) is 9.64. The van der Waals surface area contributed by atoms with Crippen molar-refractivity contribution in [2.45, 2.75) is 57.8 Å². The zero-order valence-electron chi connectivity index (χ0n) is 15.9. The van der Waals surface area contributed by atoms with Gasteiger partial charge in [-0.25, -0.2) is 0 Å². The maximum absolute atomic E-state index is 13.1. The number of alkyl halides is 3. The van der Waals surface area contributed by atoms with Gasteiger partial charge in [-0.05, 0) is 69.0 Å². The fraction of sp³-hybridized carbons (Fsp3) is 0.650. The Kier molecular flexibility index (Phi) is 6.11. The van der Waals surface area contributed by atoms with Gasteiger partial charge in [0, 0.05) is 18.2 Å². The highest BCUT2D eigenvalue weighted by atomic mass is 19.4. The molecule has 0 aromatic heterocycles. The Balaban J connectivity index is 1.82. The summed E-state index contributed by atoms with van der Waals surface area (Å²) in [5.41, 5.74) is 0.434. The summed E-state index contributed by atoms with van der Waals surface area (Å²) < 4.78 is 44.8. The van der Waals surface area contributed by atoms with E-state index in [0.717, 1.165) is 44.5 Å². The molecule has 27 heavy (non-hydrogen) atoms. The van der Waals surface area contributed by atoms with Crippen LogP contribution < -0.4 is 5.32 Å². The van der Waals surface area contributed by atoms with Crippen LogP contribution in [-0.4, -0.2) is 49.2 Å². The van der Waals surface area contributed by atoms with E-state index in [1.54, 1.807) is 13.8 Å². The van der Waals surface area contributed by atoms with Crippen LogP contribution in [0.25, 0.3) is 0 Å². The third-order valence-electron chi connectivity index (χ3n) is 5.60. The Labute approximate surface area is 158 Å². The topological polar surface area (TPSA) is 41.6 Å². The number of hydrogen-bond acceptors (Lipinski definition) is 3. The summed E-state index contributed by atoms with van der Waals surface area (Å²) in [6.45, 7) is 6.50. The predicted molar refractivity (Wildman–Crippen MR) is 96.8 cm³/mol. The van der Waals surface area contributed by atoms with Gasteiger partial charge in [-0.15, -0.1) is 0 Å². The number of nitrogens with zero attached hydrogens (tertiary/aromatic N) is 1. The number of carbonyl (C=O) groups is 1. The summed E-state index contributed by atoms with van der Waals surface area (Å²) in [5, 5.41) is 3.05. The van der Waals surface area contributed by atoms with Crippen molar-refractivity contribution in [1.29, 1.82) is 0 Å². The third kappa shape index (κ3) is 4.46. The highest BCUT2D eigenvalue weighted by Gasteiger charge is 2.35. The van der Waals surface area contributed by atoms with E-state index in [-0.39, 0.29) is 18.0 Å². The molecular formula is C20H27F3N2O2. The lowest BCUT2D eigenvalue weighted by molar-refractivity contribution is -0.137. The summed E-state index contributed by atoms with van der Waals surface area (Å²) in [7, 11) is 0. The summed E-state index contributed by atoms with van der Waals surface area (Å²) >= 11 is 0. The maximum atomic E-state index is 13.1. The molecule has 0 spiro atoms. The fourth-order valence-electron chi connectivity index (χ4n) is 4.24. The van der Waals surface area contributed by atoms with Crippen LogP contribution in [0.4, 0.5) is 13.2 Å². The van der Waals surface area contributed by atoms with Crippen LogP contribution in [-0.2, 0) is 17.3 Å². The first-order chi connectivity index (χ1) is 12.8. The molecule has 2 atom stereocenters. The Bertz CT molecular complexity index is 685. The molecule has 0 radical (unpaired) electrons. The Morgan fingerprint density at radius 1 is 1.30 bits per heavy atom. The minimum absolute atomic E-state index is 0.143. The fourth-order valence-corrected chi connectivity index (χ4v) is 4.24. The zero-order chi connectivity index (χ0) is 19.6. The van der Waals surface area contributed by atoms with Gasteiger partial charge in [0.15, 0.2) is 0 Å². The van der Waals surface area contributed by atoms with Gasteiger partial charge in [-0.3, -0.25) is 9.69 Å². The van der Waals surface area contributed by atoms with E-state index >= 15 is 0 Å². The van der Waals surface area contributed by atoms with Gasteiger partial charge in [0.2, 0.25) is 0 Å². The second-order valence-electron chi connectivity index (χ2n) is 7.43. The number of nitrogens with one attached hydrogen (secondary N) is 1. The number of carbonyl (C=O) groups excluding carboxylic acids is 1. The van der Waals surface area contributed by atoms with Gasteiger partial charge in [-0.1, -0.05) is 6.92 Å². The van der Waals surface area contributed by atoms with Crippen LogP contribution in [0.1, 0.15) is 53.2 Å². The average Bonchev–Trinajstić information content (AvgIpc) is 3.15. The lowest BCUT2D eigenvalue weighted by Crippen LogP contribution is -2.56. The minimum Gasteiger partial charge on any atom is -0.379 e. The van der Waals surface area contributed by atoms with E-state index in [2.05, 4.69) is 10.2 Å². The number of halogens is 3. The van der Waals surface area contributed by atoms with Crippen LogP contribution in [0.15, 0.2) is 12.1 Å². The molecule has 150 valence electrons. The number of rotatable bonds is 4. The van der Waals surface area contributed by atoms with Gasteiger partial charge in [-0.2, -0.15) is 13.2 Å². The van der Waals surface area contributed by atoms with Crippen LogP contribution in [0.3, 0.4) is 0 Å². The summed E-state index contributed by atoms with van der Waals surface area (Å²) in [4.78, 5) is 15.4. The number of aryl methyl sites for hydroxylation is 2. The molecule has 2 fully saturated rings. The molecule has 2 saturated heterocycles. The van der Waals surface area contributed by atoms with Crippen molar-refractivity contribution >= 4 is 5.91 Å². The predicted octanol–water partition coefficient (Wildman–Crippen LogP) is 3.56. The Hall–Kier alpha value is -1.60. The number of hydrogen-bond donors (Lipinski definition) is 1. The van der Waals surface area contributed by atoms with Gasteiger partial charge in [0.1, 0.15) is 0 Å². The first kappa shape index (κ1) is 20.1. The summed E-state index contributed by atoms with van der Waals surface area (Å²) in [6.07, 6.45) is -0.865. The lowest BCUT2D eigenvalue weighted by Gasteiger charge is -2.38. The van der Waals surface area contributed by atoms with Gasteiger partial charge in [0.25, 0.3) is 5.91 Å². The lowest BCUT2D eigenvalue weighted by atomic mass is 9.94. The van der Waals surface area contributed by atoms with Crippen LogP contribution >= 0.6 is 0 Å². The van der Waals surface area contributed by atoms with E-state index in [9.17, 15) is 18.0 Å². The van der Waals surface area contributed by atoms with E-state index in [4.69, 9.17) is 4.74 Å². The molecule has 2 aliphatic heterocycles. The molecule has 0 aliphatic carbocycles. The summed E-state index contributed by atoms with van der Waals surface area (Å²) in [6, 6.07) is 2.24. The van der Waals surface area contributed by atoms with Crippen molar-refractivity contribution in [2.24, 2.45) is 0 Å². The van der Waals surface area contributed by atoms with Crippen LogP contribution in [0.5, 0.6) is 0 Å². The summed E-state index contributed by atoms with van der Waals surface area (Å²) in [5.74, 6) is -0.308. The molecule has 2 aliphatic rings. The molecule has 4 nitrogen and oxygen atoms in total. The number of likely N-dealkylation sites (tertiary alicyclic amines) is 1. The Morgan fingerprint density at radius 3 is 2.63 bits per heavy atom. The van der Waals surface area contributed by atoms with E-state index in [1.165, 1.54) is 0 Å². The molecule has 0 saturated carbocycles. The molecule has 2 heterocycles. The van der Waals surface area contributed by atoms with Crippen molar-refractivity contribution in [3.8, 4) is 0 Å². The van der Waals surface area contributed by atoms with Crippen molar-refractivity contribution in [3.63, 3.8) is 0 Å². The van der Waals surface area contributed by atoms with Crippen molar-refractivity contribution in [1.82, 2.24) is 10.2 Å². The molecule has 1 aromatic rings. The standard InChI is InChI=1S/C20H27F3N2O2/c1-3-14-11-15(20(21,22)23)10-13(2)18(14)19(26)24-16-12-27-9-6-17(16)25-7-4-5-8-25/h10-11,16-17H,3-9,12H2,1-2H3,(H,24,26)/t16-,17-/m1/s1. The molecular weight excluding hydrogens is 357 g/mol. The molecule has 1 aromatic carbocycles. The van der Waals surface area contributed by atoms with Gasteiger partial charge in [0.05, 0.1) is 18.2 Å². The molecule has 7 heteroatoms. The quantitative estimate of drug-likeness (QED) is 0.863. The molecule has 1 N–H and O–H groups in total. The molecule has 1 amide bonds.